The SMILES string of the molecule is Cc1cccc(-c2nc(CC(=O)O[C@@H](C)C(=O)Nc3cccnc3Cl)cs2)c1. The molecule has 0 fully saturated rings. The first kappa shape index (κ1) is 20.0. The first-order valence-electron chi connectivity index (χ1n) is 8.54. The van der Waals surface area contributed by atoms with E-state index < -0.39 is 18.0 Å². The highest BCUT2D eigenvalue weighted by atomic mass is 35.5. The quantitative estimate of drug-likeness (QED) is 0.480. The van der Waals surface area contributed by atoms with E-state index in [1.165, 1.54) is 24.5 Å². The largest absolute Gasteiger partial charge is 0.452 e. The van der Waals surface area contributed by atoms with Crippen molar-refractivity contribution in [3.8, 4) is 10.6 Å². The lowest BCUT2D eigenvalue weighted by Crippen LogP contribution is -2.30. The van der Waals surface area contributed by atoms with Gasteiger partial charge in [-0.05, 0) is 32.0 Å². The number of esters is 1. The number of nitrogens with one attached hydrogen (secondary N) is 1. The van der Waals surface area contributed by atoms with Crippen molar-refractivity contribution in [2.75, 3.05) is 5.32 Å². The summed E-state index contributed by atoms with van der Waals surface area (Å²) < 4.78 is 5.21. The first-order valence-corrected chi connectivity index (χ1v) is 9.80. The van der Waals surface area contributed by atoms with Gasteiger partial charge in [0, 0.05) is 17.1 Å². The Balaban J connectivity index is 1.56. The summed E-state index contributed by atoms with van der Waals surface area (Å²) in [5.74, 6) is -1.01. The maximum absolute atomic E-state index is 12.2. The number of carbonyl (C=O) groups is 2. The average molecular weight is 416 g/mol. The normalized spacial score (nSPS) is 11.7. The van der Waals surface area contributed by atoms with E-state index in [-0.39, 0.29) is 11.6 Å². The molecular weight excluding hydrogens is 398 g/mol. The highest BCUT2D eigenvalue weighted by molar-refractivity contribution is 7.13. The number of hydrogen-bond donors (Lipinski definition) is 1. The zero-order valence-electron chi connectivity index (χ0n) is 15.3. The van der Waals surface area contributed by atoms with Crippen LogP contribution in [-0.2, 0) is 20.7 Å². The molecule has 3 aromatic rings. The summed E-state index contributed by atoms with van der Waals surface area (Å²) in [6, 6.07) is 11.3. The summed E-state index contributed by atoms with van der Waals surface area (Å²) in [7, 11) is 0. The van der Waals surface area contributed by atoms with Crippen molar-refractivity contribution in [3.05, 3.63) is 64.4 Å². The van der Waals surface area contributed by atoms with Gasteiger partial charge in [0.1, 0.15) is 5.01 Å². The third kappa shape index (κ3) is 5.15. The van der Waals surface area contributed by atoms with Gasteiger partial charge in [-0.2, -0.15) is 0 Å². The van der Waals surface area contributed by atoms with Gasteiger partial charge in [-0.25, -0.2) is 9.97 Å². The number of anilines is 1. The maximum Gasteiger partial charge on any atom is 0.312 e. The molecule has 2 aromatic heterocycles. The van der Waals surface area contributed by atoms with Gasteiger partial charge in [-0.3, -0.25) is 9.59 Å². The molecule has 1 atom stereocenters. The molecule has 0 aliphatic carbocycles. The lowest BCUT2D eigenvalue weighted by molar-refractivity contribution is -0.152. The molecule has 2 heterocycles. The highest BCUT2D eigenvalue weighted by Gasteiger charge is 2.20. The number of rotatable bonds is 6. The van der Waals surface area contributed by atoms with Gasteiger partial charge in [0.25, 0.3) is 5.91 Å². The number of thiazole rings is 1. The second kappa shape index (κ2) is 8.95. The number of amides is 1. The molecule has 0 radical (unpaired) electrons. The van der Waals surface area contributed by atoms with Gasteiger partial charge in [-0.15, -0.1) is 11.3 Å². The lowest BCUT2D eigenvalue weighted by atomic mass is 10.1. The van der Waals surface area contributed by atoms with Crippen LogP contribution in [0.5, 0.6) is 0 Å². The molecule has 0 unspecified atom stereocenters. The first-order chi connectivity index (χ1) is 13.4. The molecule has 3 rings (SSSR count). The van der Waals surface area contributed by atoms with Crippen LogP contribution in [0, 0.1) is 6.92 Å². The van der Waals surface area contributed by atoms with Crippen LogP contribution >= 0.6 is 22.9 Å². The van der Waals surface area contributed by atoms with Crippen LogP contribution in [0.15, 0.2) is 48.0 Å². The molecule has 0 aliphatic heterocycles. The molecule has 0 bridgehead atoms. The third-order valence-corrected chi connectivity index (χ3v) is 5.08. The Morgan fingerprint density at radius 3 is 2.86 bits per heavy atom. The number of nitrogens with zero attached hydrogens (tertiary/aromatic N) is 2. The van der Waals surface area contributed by atoms with Crippen LogP contribution in [0.2, 0.25) is 5.15 Å². The zero-order valence-corrected chi connectivity index (χ0v) is 16.9. The number of benzene rings is 1. The monoisotopic (exact) mass is 415 g/mol. The Labute approximate surface area is 171 Å². The average Bonchev–Trinajstić information content (AvgIpc) is 3.12. The molecule has 0 spiro atoms. The summed E-state index contributed by atoms with van der Waals surface area (Å²) in [5, 5.41) is 5.41. The second-order valence-corrected chi connectivity index (χ2v) is 7.37. The number of ether oxygens (including phenoxy) is 1. The number of pyridine rings is 1. The Morgan fingerprint density at radius 1 is 1.29 bits per heavy atom. The van der Waals surface area contributed by atoms with Crippen LogP contribution in [0.4, 0.5) is 5.69 Å². The van der Waals surface area contributed by atoms with E-state index in [0.717, 1.165) is 16.1 Å². The van der Waals surface area contributed by atoms with E-state index >= 15 is 0 Å². The Hall–Kier alpha value is -2.77. The number of hydrogen-bond acceptors (Lipinski definition) is 6. The summed E-state index contributed by atoms with van der Waals surface area (Å²) in [4.78, 5) is 32.7. The Morgan fingerprint density at radius 2 is 2.11 bits per heavy atom. The zero-order chi connectivity index (χ0) is 20.1. The van der Waals surface area contributed by atoms with Crippen LogP contribution in [0.25, 0.3) is 10.6 Å². The van der Waals surface area contributed by atoms with Crippen LogP contribution in [0.3, 0.4) is 0 Å². The van der Waals surface area contributed by atoms with Gasteiger partial charge in [0.2, 0.25) is 0 Å². The number of carbonyl (C=O) groups excluding carboxylic acids is 2. The molecule has 1 N–H and O–H groups in total. The Kier molecular flexibility index (Phi) is 6.38. The van der Waals surface area contributed by atoms with E-state index in [2.05, 4.69) is 15.3 Å². The highest BCUT2D eigenvalue weighted by Crippen LogP contribution is 2.25. The summed E-state index contributed by atoms with van der Waals surface area (Å²) in [5.41, 5.74) is 3.11. The number of halogens is 1. The van der Waals surface area contributed by atoms with Gasteiger partial charge < -0.3 is 10.1 Å². The fourth-order valence-electron chi connectivity index (χ4n) is 2.45. The van der Waals surface area contributed by atoms with Crippen LogP contribution < -0.4 is 5.32 Å². The molecule has 0 saturated carbocycles. The summed E-state index contributed by atoms with van der Waals surface area (Å²) in [6.07, 6.45) is 0.534. The van der Waals surface area contributed by atoms with Crippen molar-refractivity contribution in [2.24, 2.45) is 0 Å². The molecule has 0 aliphatic rings. The molecule has 1 amide bonds. The molecule has 6 nitrogen and oxygen atoms in total. The topological polar surface area (TPSA) is 81.2 Å². The van der Waals surface area contributed by atoms with E-state index in [1.54, 1.807) is 12.1 Å². The fourth-order valence-corrected chi connectivity index (χ4v) is 3.44. The van der Waals surface area contributed by atoms with E-state index in [0.29, 0.717) is 11.4 Å². The van der Waals surface area contributed by atoms with Crippen LogP contribution in [-0.4, -0.2) is 27.9 Å². The predicted octanol–water partition coefficient (Wildman–Crippen LogP) is 4.28. The fraction of sp³-hybridized carbons (Fsp3) is 0.200. The van der Waals surface area contributed by atoms with Crippen molar-refractivity contribution < 1.29 is 14.3 Å². The van der Waals surface area contributed by atoms with Gasteiger partial charge in [0.15, 0.2) is 11.3 Å². The van der Waals surface area contributed by atoms with Crippen molar-refractivity contribution >= 4 is 40.5 Å². The van der Waals surface area contributed by atoms with Gasteiger partial charge >= 0.3 is 5.97 Å². The molecule has 8 heteroatoms. The number of aromatic nitrogens is 2. The van der Waals surface area contributed by atoms with E-state index in [1.807, 2.05) is 36.6 Å². The predicted molar refractivity (Wildman–Crippen MR) is 109 cm³/mol. The second-order valence-electron chi connectivity index (χ2n) is 6.15. The number of aryl methyl sites for hydroxylation is 1. The van der Waals surface area contributed by atoms with Crippen molar-refractivity contribution in [3.63, 3.8) is 0 Å². The van der Waals surface area contributed by atoms with Crippen molar-refractivity contribution in [1.29, 1.82) is 0 Å². The summed E-state index contributed by atoms with van der Waals surface area (Å²) >= 11 is 7.37. The van der Waals surface area contributed by atoms with E-state index in [4.69, 9.17) is 16.3 Å². The standard InChI is InChI=1S/C20H18ClN3O3S/c1-12-5-3-6-14(9-12)20-23-15(11-28-20)10-17(25)27-13(2)19(26)24-16-7-4-8-22-18(16)21/h3-9,11,13H,10H2,1-2H3,(H,24,26)/t13-/m0/s1. The lowest BCUT2D eigenvalue weighted by Gasteiger charge is -2.13. The van der Waals surface area contributed by atoms with Crippen molar-refractivity contribution in [1.82, 2.24) is 9.97 Å². The van der Waals surface area contributed by atoms with Crippen molar-refractivity contribution in [2.45, 2.75) is 26.4 Å². The maximum atomic E-state index is 12.2. The smallest absolute Gasteiger partial charge is 0.312 e. The minimum Gasteiger partial charge on any atom is -0.452 e. The van der Waals surface area contributed by atoms with Gasteiger partial charge in [0.05, 0.1) is 17.8 Å². The molecule has 0 saturated heterocycles. The molecule has 28 heavy (non-hydrogen) atoms. The Bertz CT molecular complexity index is 1010. The molecular formula is C20H18ClN3O3S. The van der Waals surface area contributed by atoms with E-state index in [9.17, 15) is 9.59 Å². The minimum atomic E-state index is -0.973. The minimum absolute atomic E-state index is 0.00636. The summed E-state index contributed by atoms with van der Waals surface area (Å²) in [6.45, 7) is 3.51. The molecule has 144 valence electrons. The molecule has 1 aromatic carbocycles. The third-order valence-electron chi connectivity index (χ3n) is 3.84. The van der Waals surface area contributed by atoms with Gasteiger partial charge in [-0.1, -0.05) is 35.4 Å². The van der Waals surface area contributed by atoms with Crippen LogP contribution in [0.1, 0.15) is 18.2 Å².